The van der Waals surface area contributed by atoms with Crippen LogP contribution < -0.4 is 15.5 Å². The van der Waals surface area contributed by atoms with E-state index >= 15 is 4.39 Å². The third-order valence-corrected chi connectivity index (χ3v) is 9.59. The number of nitrogens with one attached hydrogen (secondary N) is 2. The second kappa shape index (κ2) is 15.7. The number of aromatic nitrogens is 2. The van der Waals surface area contributed by atoms with Gasteiger partial charge in [-0.3, -0.25) is 24.1 Å². The SMILES string of the molecule is CCC(=O)N[C@@H](C(=O)N1CCN(C)CC1)[C@@H](C)c1ccc(NC(=O)[C@H](C2CCC(C)CC2)N(C=O)c2ccnn2C(C)C)c(F)c1. The molecule has 2 N–H and O–H groups in total. The van der Waals surface area contributed by atoms with E-state index < -0.39 is 29.7 Å². The fourth-order valence-corrected chi connectivity index (χ4v) is 6.56. The highest BCUT2D eigenvalue weighted by Crippen LogP contribution is 2.35. The van der Waals surface area contributed by atoms with E-state index in [1.807, 2.05) is 20.9 Å². The maximum atomic E-state index is 15.7. The molecule has 252 valence electrons. The number of amides is 4. The van der Waals surface area contributed by atoms with E-state index in [0.717, 1.165) is 38.8 Å². The largest absolute Gasteiger partial charge is 0.344 e. The minimum atomic E-state index is -0.860. The third-order valence-electron chi connectivity index (χ3n) is 9.59. The average molecular weight is 640 g/mol. The van der Waals surface area contributed by atoms with Gasteiger partial charge in [0.15, 0.2) is 0 Å². The zero-order chi connectivity index (χ0) is 33.5. The first kappa shape index (κ1) is 35.1. The lowest BCUT2D eigenvalue weighted by Crippen LogP contribution is -2.55. The second-order valence-corrected chi connectivity index (χ2v) is 13.2. The standard InChI is InChI=1S/C34H50FN7O4/c1-7-29(44)38-31(34(46)40-18-16-39(6)17-19-40)24(5)26-12-13-28(27(35)20-26)37-33(45)32(25-10-8-23(4)9-11-25)41(21-43)30-14-15-36-42(30)22(2)3/h12-15,20-25,31-32H,7-11,16-19H2,1-6H3,(H,37,45)(H,38,44)/t23?,24-,25?,31+,32-/m0/s1. The zero-order valence-electron chi connectivity index (χ0n) is 28.0. The van der Waals surface area contributed by atoms with Crippen LogP contribution in [0.3, 0.4) is 0 Å². The van der Waals surface area contributed by atoms with E-state index in [4.69, 9.17) is 0 Å². The Morgan fingerprint density at radius 2 is 1.74 bits per heavy atom. The number of hydrogen-bond acceptors (Lipinski definition) is 6. The van der Waals surface area contributed by atoms with Crippen LogP contribution >= 0.6 is 0 Å². The van der Waals surface area contributed by atoms with Crippen molar-refractivity contribution in [2.45, 2.75) is 90.8 Å². The van der Waals surface area contributed by atoms with Crippen LogP contribution in [0.25, 0.3) is 0 Å². The molecule has 1 aromatic carbocycles. The lowest BCUT2D eigenvalue weighted by atomic mass is 9.78. The zero-order valence-corrected chi connectivity index (χ0v) is 28.0. The first-order valence-electron chi connectivity index (χ1n) is 16.6. The summed E-state index contributed by atoms with van der Waals surface area (Å²) < 4.78 is 17.4. The lowest BCUT2D eigenvalue weighted by molar-refractivity contribution is -0.138. The van der Waals surface area contributed by atoms with Gasteiger partial charge in [-0.2, -0.15) is 5.10 Å². The summed E-state index contributed by atoms with van der Waals surface area (Å²) in [5.74, 6) is -1.17. The lowest BCUT2D eigenvalue weighted by Gasteiger charge is -2.37. The Hall–Kier alpha value is -3.80. The van der Waals surface area contributed by atoms with Crippen LogP contribution in [0.15, 0.2) is 30.5 Å². The monoisotopic (exact) mass is 639 g/mol. The molecule has 12 heteroatoms. The first-order chi connectivity index (χ1) is 21.9. The minimum absolute atomic E-state index is 0.0159. The van der Waals surface area contributed by atoms with Gasteiger partial charge in [0.25, 0.3) is 0 Å². The van der Waals surface area contributed by atoms with Crippen molar-refractivity contribution < 1.29 is 23.6 Å². The molecule has 0 unspecified atom stereocenters. The molecule has 3 atom stereocenters. The molecule has 0 radical (unpaired) electrons. The fourth-order valence-electron chi connectivity index (χ4n) is 6.56. The number of benzene rings is 1. The Bertz CT molecular complexity index is 1360. The maximum Gasteiger partial charge on any atom is 0.247 e. The van der Waals surface area contributed by atoms with Gasteiger partial charge in [-0.25, -0.2) is 9.07 Å². The number of likely N-dealkylation sites (N-methyl/N-ethyl adjacent to an activating group) is 1. The summed E-state index contributed by atoms with van der Waals surface area (Å²) >= 11 is 0. The van der Waals surface area contributed by atoms with Gasteiger partial charge in [0.1, 0.15) is 23.7 Å². The Labute approximate surface area is 271 Å². The summed E-state index contributed by atoms with van der Waals surface area (Å²) in [5, 5.41) is 9.98. The summed E-state index contributed by atoms with van der Waals surface area (Å²) in [6.45, 7) is 12.2. The number of anilines is 2. The van der Waals surface area contributed by atoms with Crippen molar-refractivity contribution in [3.8, 4) is 0 Å². The van der Waals surface area contributed by atoms with Crippen molar-refractivity contribution in [2.24, 2.45) is 11.8 Å². The topological polar surface area (TPSA) is 120 Å². The Morgan fingerprint density at radius 3 is 2.33 bits per heavy atom. The molecule has 1 aliphatic heterocycles. The molecule has 4 rings (SSSR count). The predicted octanol–water partition coefficient (Wildman–Crippen LogP) is 4.17. The van der Waals surface area contributed by atoms with Gasteiger partial charge in [-0.05, 0) is 63.3 Å². The van der Waals surface area contributed by atoms with Crippen LogP contribution in [-0.4, -0.2) is 89.0 Å². The number of nitrogens with zero attached hydrogens (tertiary/aromatic N) is 5. The molecule has 2 fully saturated rings. The van der Waals surface area contributed by atoms with E-state index in [0.29, 0.717) is 36.8 Å². The maximum absolute atomic E-state index is 15.7. The molecule has 11 nitrogen and oxygen atoms in total. The smallest absolute Gasteiger partial charge is 0.247 e. The van der Waals surface area contributed by atoms with Crippen molar-refractivity contribution >= 4 is 35.6 Å². The third kappa shape index (κ3) is 8.12. The molecule has 0 spiro atoms. The highest BCUT2D eigenvalue weighted by Gasteiger charge is 2.38. The number of hydrogen-bond donors (Lipinski definition) is 2. The summed E-state index contributed by atoms with van der Waals surface area (Å²) in [6, 6.07) is 4.44. The van der Waals surface area contributed by atoms with Crippen LogP contribution in [0.2, 0.25) is 0 Å². The molecular formula is C34H50FN7O4. The van der Waals surface area contributed by atoms with Gasteiger partial charge in [-0.15, -0.1) is 0 Å². The van der Waals surface area contributed by atoms with Crippen LogP contribution in [0.5, 0.6) is 0 Å². The molecule has 2 aromatic rings. The van der Waals surface area contributed by atoms with Gasteiger partial charge in [0.2, 0.25) is 24.1 Å². The predicted molar refractivity (Wildman–Crippen MR) is 176 cm³/mol. The molecule has 0 bridgehead atoms. The molecular weight excluding hydrogens is 589 g/mol. The Morgan fingerprint density at radius 1 is 1.07 bits per heavy atom. The first-order valence-corrected chi connectivity index (χ1v) is 16.6. The molecule has 1 aliphatic carbocycles. The number of halogens is 1. The van der Waals surface area contributed by atoms with Crippen molar-refractivity contribution in [2.75, 3.05) is 43.4 Å². The van der Waals surface area contributed by atoms with Crippen LogP contribution in [0.1, 0.15) is 84.2 Å². The van der Waals surface area contributed by atoms with Crippen LogP contribution in [-0.2, 0) is 19.2 Å². The van der Waals surface area contributed by atoms with Crippen LogP contribution in [0.4, 0.5) is 15.9 Å². The molecule has 1 saturated carbocycles. The van der Waals surface area contributed by atoms with Gasteiger partial charge in [-0.1, -0.05) is 39.7 Å². The van der Waals surface area contributed by atoms with Crippen molar-refractivity contribution in [1.29, 1.82) is 0 Å². The molecule has 1 saturated heterocycles. The Balaban J connectivity index is 1.58. The van der Waals surface area contributed by atoms with E-state index in [-0.39, 0.29) is 35.9 Å². The van der Waals surface area contributed by atoms with E-state index in [2.05, 4.69) is 27.6 Å². The quantitative estimate of drug-likeness (QED) is 0.337. The Kier molecular flexibility index (Phi) is 11.9. The normalized spacial score (nSPS) is 20.9. The number of carbonyl (C=O) groups excluding carboxylic acids is 4. The molecule has 2 heterocycles. The number of carbonyl (C=O) groups is 4. The molecule has 4 amide bonds. The van der Waals surface area contributed by atoms with E-state index in [1.54, 1.807) is 41.8 Å². The van der Waals surface area contributed by atoms with Crippen LogP contribution in [0, 0.1) is 17.7 Å². The highest BCUT2D eigenvalue weighted by atomic mass is 19.1. The second-order valence-electron chi connectivity index (χ2n) is 13.2. The molecule has 2 aliphatic rings. The molecule has 1 aromatic heterocycles. The van der Waals surface area contributed by atoms with E-state index in [9.17, 15) is 19.2 Å². The van der Waals surface area contributed by atoms with Gasteiger partial charge in [0, 0.05) is 50.6 Å². The van der Waals surface area contributed by atoms with Gasteiger partial charge in [0.05, 0.1) is 11.9 Å². The summed E-state index contributed by atoms with van der Waals surface area (Å²) in [4.78, 5) is 57.9. The van der Waals surface area contributed by atoms with Crippen molar-refractivity contribution in [1.82, 2.24) is 24.9 Å². The van der Waals surface area contributed by atoms with Gasteiger partial charge >= 0.3 is 0 Å². The summed E-state index contributed by atoms with van der Waals surface area (Å²) in [6.07, 6.45) is 5.90. The highest BCUT2D eigenvalue weighted by molar-refractivity contribution is 6.00. The number of rotatable bonds is 12. The minimum Gasteiger partial charge on any atom is -0.344 e. The summed E-state index contributed by atoms with van der Waals surface area (Å²) in [7, 11) is 2.00. The number of piperazine rings is 1. The molecule has 46 heavy (non-hydrogen) atoms. The van der Waals surface area contributed by atoms with Crippen molar-refractivity contribution in [3.63, 3.8) is 0 Å². The van der Waals surface area contributed by atoms with Crippen molar-refractivity contribution in [3.05, 3.63) is 41.8 Å². The van der Waals surface area contributed by atoms with Gasteiger partial charge < -0.3 is 20.4 Å². The average Bonchev–Trinajstić information content (AvgIpc) is 3.53. The van der Waals surface area contributed by atoms with E-state index in [1.165, 1.54) is 17.0 Å². The fraction of sp³-hybridized carbons (Fsp3) is 0.618. The summed E-state index contributed by atoms with van der Waals surface area (Å²) in [5.41, 5.74) is 0.505.